The Hall–Kier alpha value is -2.41. The molecule has 1 aliphatic carbocycles. The Bertz CT molecular complexity index is 980. The van der Waals surface area contributed by atoms with Gasteiger partial charge in [0.05, 0.1) is 5.56 Å². The van der Waals surface area contributed by atoms with Crippen molar-refractivity contribution in [3.63, 3.8) is 0 Å². The fraction of sp³-hybridized carbons (Fsp3) is 0.292. The molecule has 0 saturated carbocycles. The molecule has 1 heteroatoms. The van der Waals surface area contributed by atoms with Crippen LogP contribution >= 0.6 is 0 Å². The minimum absolute atomic E-state index is 0.536. The van der Waals surface area contributed by atoms with Crippen LogP contribution in [0.2, 0.25) is 0 Å². The smallest absolute Gasteiger partial charge is 0.201 e. The number of hydrogen-bond acceptors (Lipinski definition) is 0. The highest BCUT2D eigenvalue weighted by Crippen LogP contribution is 2.42. The molecule has 0 atom stereocenters. The number of rotatable bonds is 2. The minimum atomic E-state index is 0.536. The summed E-state index contributed by atoms with van der Waals surface area (Å²) in [5.74, 6) is 0.536. The Morgan fingerprint density at radius 3 is 2.44 bits per heavy atom. The molecule has 0 saturated heterocycles. The van der Waals surface area contributed by atoms with E-state index in [0.717, 1.165) is 6.42 Å². The molecule has 126 valence electrons. The molecule has 2 aromatic carbocycles. The zero-order valence-corrected chi connectivity index (χ0v) is 15.9. The topological polar surface area (TPSA) is 3.88 Å². The standard InChI is InChI=1S/C24H26N/c1-15(2)21-13-23(25(5)14-17(21)4)24-16(3)10-11-20-19-9-7-6-8-18(19)12-22(20)24/h6-11,13-15H,12H2,1-5H3/q+1. The minimum Gasteiger partial charge on any atom is -0.201 e. The van der Waals surface area contributed by atoms with Crippen LogP contribution in [0.1, 0.15) is 47.6 Å². The second-order valence-corrected chi connectivity index (χ2v) is 7.68. The molecule has 1 heterocycles. The van der Waals surface area contributed by atoms with Crippen LogP contribution in [-0.2, 0) is 13.5 Å². The molecule has 3 aromatic rings. The normalized spacial score (nSPS) is 12.4. The highest BCUT2D eigenvalue weighted by molar-refractivity contribution is 5.84. The molecule has 0 unspecified atom stereocenters. The maximum absolute atomic E-state index is 2.41. The average molecular weight is 328 g/mol. The van der Waals surface area contributed by atoms with Gasteiger partial charge in [-0.3, -0.25) is 0 Å². The van der Waals surface area contributed by atoms with Gasteiger partial charge in [0, 0.05) is 11.6 Å². The van der Waals surface area contributed by atoms with Gasteiger partial charge in [0.2, 0.25) is 5.69 Å². The SMILES string of the molecule is Cc1c[n+](C)c(-c2c(C)ccc3c2Cc2ccccc2-3)cc1C(C)C. The monoisotopic (exact) mass is 328 g/mol. The van der Waals surface area contributed by atoms with Crippen molar-refractivity contribution >= 4 is 0 Å². The first-order chi connectivity index (χ1) is 12.0. The lowest BCUT2D eigenvalue weighted by Crippen LogP contribution is -2.32. The molecule has 0 aliphatic heterocycles. The highest BCUT2D eigenvalue weighted by Gasteiger charge is 2.26. The van der Waals surface area contributed by atoms with E-state index in [0.29, 0.717) is 5.92 Å². The van der Waals surface area contributed by atoms with E-state index in [1.54, 1.807) is 0 Å². The summed E-state index contributed by atoms with van der Waals surface area (Å²) >= 11 is 0. The Kier molecular flexibility index (Phi) is 3.76. The number of aryl methyl sites for hydroxylation is 3. The number of nitrogens with zero attached hydrogens (tertiary/aromatic N) is 1. The number of aromatic nitrogens is 1. The number of pyridine rings is 1. The van der Waals surface area contributed by atoms with Crippen molar-refractivity contribution in [3.8, 4) is 22.4 Å². The fourth-order valence-electron chi connectivity index (χ4n) is 4.35. The maximum atomic E-state index is 2.41. The van der Waals surface area contributed by atoms with Crippen molar-refractivity contribution in [1.82, 2.24) is 0 Å². The number of fused-ring (bicyclic) bond motifs is 3. The summed E-state index contributed by atoms with van der Waals surface area (Å²) < 4.78 is 2.30. The third-order valence-electron chi connectivity index (χ3n) is 5.59. The Morgan fingerprint density at radius 1 is 0.920 bits per heavy atom. The van der Waals surface area contributed by atoms with E-state index in [4.69, 9.17) is 0 Å². The van der Waals surface area contributed by atoms with Gasteiger partial charge >= 0.3 is 0 Å². The molecule has 0 radical (unpaired) electrons. The van der Waals surface area contributed by atoms with Crippen LogP contribution in [0.3, 0.4) is 0 Å². The molecular weight excluding hydrogens is 302 g/mol. The predicted octanol–water partition coefficient (Wildman–Crippen LogP) is 5.49. The molecule has 1 nitrogen and oxygen atoms in total. The van der Waals surface area contributed by atoms with Gasteiger partial charge in [-0.05, 0) is 59.6 Å². The van der Waals surface area contributed by atoms with Gasteiger partial charge in [0.1, 0.15) is 7.05 Å². The van der Waals surface area contributed by atoms with Crippen molar-refractivity contribution in [2.24, 2.45) is 7.05 Å². The van der Waals surface area contributed by atoms with Crippen LogP contribution in [-0.4, -0.2) is 0 Å². The van der Waals surface area contributed by atoms with Gasteiger partial charge in [0.15, 0.2) is 6.20 Å². The van der Waals surface area contributed by atoms with Gasteiger partial charge in [-0.25, -0.2) is 4.57 Å². The van der Waals surface area contributed by atoms with Crippen LogP contribution in [0, 0.1) is 13.8 Å². The highest BCUT2D eigenvalue weighted by atomic mass is 14.9. The maximum Gasteiger partial charge on any atom is 0.213 e. The summed E-state index contributed by atoms with van der Waals surface area (Å²) in [5.41, 5.74) is 12.7. The average Bonchev–Trinajstić information content (AvgIpc) is 2.94. The first-order valence-electron chi connectivity index (χ1n) is 9.18. The lowest BCUT2D eigenvalue weighted by Gasteiger charge is -2.14. The second-order valence-electron chi connectivity index (χ2n) is 7.68. The number of benzene rings is 2. The molecule has 0 spiro atoms. The fourth-order valence-corrected chi connectivity index (χ4v) is 4.35. The summed E-state index contributed by atoms with van der Waals surface area (Å²) in [5, 5.41) is 0. The van der Waals surface area contributed by atoms with Crippen LogP contribution < -0.4 is 4.57 Å². The predicted molar refractivity (Wildman–Crippen MR) is 105 cm³/mol. The Labute approximate surface area is 151 Å². The zero-order chi connectivity index (χ0) is 17.7. The van der Waals surface area contributed by atoms with Gasteiger partial charge in [0.25, 0.3) is 0 Å². The van der Waals surface area contributed by atoms with Crippen molar-refractivity contribution < 1.29 is 4.57 Å². The molecule has 1 aliphatic rings. The van der Waals surface area contributed by atoms with E-state index in [-0.39, 0.29) is 0 Å². The third-order valence-corrected chi connectivity index (χ3v) is 5.59. The van der Waals surface area contributed by atoms with Crippen molar-refractivity contribution in [3.05, 3.63) is 76.5 Å². The first kappa shape index (κ1) is 16.1. The molecule has 4 rings (SSSR count). The quantitative estimate of drug-likeness (QED) is 0.428. The second kappa shape index (κ2) is 5.84. The van der Waals surface area contributed by atoms with Gasteiger partial charge in [-0.15, -0.1) is 0 Å². The summed E-state index contributed by atoms with van der Waals surface area (Å²) in [7, 11) is 2.17. The van der Waals surface area contributed by atoms with Gasteiger partial charge < -0.3 is 0 Å². The van der Waals surface area contributed by atoms with Crippen molar-refractivity contribution in [2.75, 3.05) is 0 Å². The summed E-state index contributed by atoms with van der Waals surface area (Å²) in [6.45, 7) is 9.03. The van der Waals surface area contributed by atoms with Crippen molar-refractivity contribution in [1.29, 1.82) is 0 Å². The lowest BCUT2D eigenvalue weighted by molar-refractivity contribution is -0.660. The van der Waals surface area contributed by atoms with E-state index < -0.39 is 0 Å². The molecule has 1 aromatic heterocycles. The molecule has 0 amide bonds. The lowest BCUT2D eigenvalue weighted by atomic mass is 9.91. The molecular formula is C24H26N+. The Morgan fingerprint density at radius 2 is 1.68 bits per heavy atom. The summed E-state index contributed by atoms with van der Waals surface area (Å²) in [4.78, 5) is 0. The van der Waals surface area contributed by atoms with E-state index in [9.17, 15) is 0 Å². The largest absolute Gasteiger partial charge is 0.213 e. The molecule has 0 bridgehead atoms. The molecule has 25 heavy (non-hydrogen) atoms. The van der Waals surface area contributed by atoms with E-state index in [2.05, 4.69) is 88.0 Å². The number of hydrogen-bond donors (Lipinski definition) is 0. The van der Waals surface area contributed by atoms with Crippen LogP contribution in [0.5, 0.6) is 0 Å². The third kappa shape index (κ3) is 2.50. The van der Waals surface area contributed by atoms with Crippen molar-refractivity contribution in [2.45, 2.75) is 40.0 Å². The van der Waals surface area contributed by atoms with Gasteiger partial charge in [-0.1, -0.05) is 50.2 Å². The summed E-state index contributed by atoms with van der Waals surface area (Å²) in [6, 6.07) is 15.8. The molecule has 0 N–H and O–H groups in total. The van der Waals surface area contributed by atoms with E-state index in [1.807, 2.05) is 0 Å². The summed E-state index contributed by atoms with van der Waals surface area (Å²) in [6.07, 6.45) is 3.32. The van der Waals surface area contributed by atoms with Crippen LogP contribution in [0.25, 0.3) is 22.4 Å². The molecule has 0 fully saturated rings. The first-order valence-corrected chi connectivity index (χ1v) is 9.18. The Balaban J connectivity index is 1.98. The van der Waals surface area contributed by atoms with Crippen LogP contribution in [0.15, 0.2) is 48.7 Å². The van der Waals surface area contributed by atoms with Gasteiger partial charge in [-0.2, -0.15) is 0 Å². The van der Waals surface area contributed by atoms with E-state index in [1.165, 1.54) is 50.2 Å². The zero-order valence-electron chi connectivity index (χ0n) is 15.9. The van der Waals surface area contributed by atoms with Crippen LogP contribution in [0.4, 0.5) is 0 Å². The van der Waals surface area contributed by atoms with E-state index >= 15 is 0 Å².